The van der Waals surface area contributed by atoms with Gasteiger partial charge in [0.2, 0.25) is 0 Å². The van der Waals surface area contributed by atoms with Gasteiger partial charge in [0.1, 0.15) is 16.8 Å². The van der Waals surface area contributed by atoms with Crippen LogP contribution >= 0.6 is 0 Å². The summed E-state index contributed by atoms with van der Waals surface area (Å²) in [6.07, 6.45) is 0. The third kappa shape index (κ3) is 3.10. The number of carbonyl (C=O) groups excluding carboxylic acids is 1. The van der Waals surface area contributed by atoms with Gasteiger partial charge < -0.3 is 9.47 Å². The van der Waals surface area contributed by atoms with Crippen LogP contribution in [0.5, 0.6) is 5.75 Å². The number of hydrogen-bond acceptors (Lipinski definition) is 6. The van der Waals surface area contributed by atoms with Crippen LogP contribution in [0.3, 0.4) is 0 Å². The fraction of sp³-hybridized carbons (Fsp3) is 0.100. The van der Waals surface area contributed by atoms with Crippen LogP contribution in [-0.4, -0.2) is 28.1 Å². The second-order valence-corrected chi connectivity index (χ2v) is 5.87. The highest BCUT2D eigenvalue weighted by Crippen LogP contribution is 2.26. The van der Waals surface area contributed by atoms with Crippen LogP contribution in [0.15, 0.2) is 65.5 Å². The molecule has 134 valence electrons. The van der Waals surface area contributed by atoms with Gasteiger partial charge in [-0.2, -0.15) is 4.68 Å². The predicted molar refractivity (Wildman–Crippen MR) is 99.7 cm³/mol. The normalized spacial score (nSPS) is 10.9. The summed E-state index contributed by atoms with van der Waals surface area (Å²) in [6.45, 7) is -0.342. The highest BCUT2D eigenvalue weighted by Gasteiger charge is 2.16. The number of hydrogen-bond donors (Lipinski definition) is 0. The first-order valence-electron chi connectivity index (χ1n) is 8.24. The molecular formula is C20H15N3O4. The molecule has 0 aliphatic heterocycles. The maximum Gasteiger partial charge on any atom is 0.343 e. The molecule has 3 aromatic carbocycles. The Hall–Kier alpha value is -3.74. The highest BCUT2D eigenvalue weighted by atomic mass is 16.5. The summed E-state index contributed by atoms with van der Waals surface area (Å²) in [5, 5.41) is 10.0. The molecule has 0 radical (unpaired) electrons. The lowest BCUT2D eigenvalue weighted by atomic mass is 10.1. The largest absolute Gasteiger partial charge is 0.496 e. The zero-order chi connectivity index (χ0) is 18.8. The van der Waals surface area contributed by atoms with Crippen molar-refractivity contribution in [3.63, 3.8) is 0 Å². The van der Waals surface area contributed by atoms with Crippen molar-refractivity contribution in [3.05, 3.63) is 76.6 Å². The smallest absolute Gasteiger partial charge is 0.343 e. The van der Waals surface area contributed by atoms with E-state index in [-0.39, 0.29) is 17.9 Å². The lowest BCUT2D eigenvalue weighted by Gasteiger charge is -2.11. The number of ether oxygens (including phenoxy) is 2. The van der Waals surface area contributed by atoms with Gasteiger partial charge in [0.05, 0.1) is 12.5 Å². The van der Waals surface area contributed by atoms with E-state index in [0.717, 1.165) is 15.5 Å². The van der Waals surface area contributed by atoms with Crippen molar-refractivity contribution in [2.75, 3.05) is 7.11 Å². The Balaban J connectivity index is 1.62. The molecule has 0 aliphatic carbocycles. The zero-order valence-electron chi connectivity index (χ0n) is 14.5. The van der Waals surface area contributed by atoms with Crippen LogP contribution in [0.4, 0.5) is 0 Å². The number of rotatable bonds is 4. The first-order valence-corrected chi connectivity index (χ1v) is 8.24. The predicted octanol–water partition coefficient (Wildman–Crippen LogP) is 2.77. The van der Waals surface area contributed by atoms with Gasteiger partial charge in [0.15, 0.2) is 6.73 Å². The SMILES string of the molecule is COc1cc2ccccc2cc1C(=O)OCn1nnc2ccccc2c1=O. The van der Waals surface area contributed by atoms with Crippen LogP contribution in [0.1, 0.15) is 10.4 Å². The Labute approximate surface area is 153 Å². The molecule has 0 saturated heterocycles. The number of aromatic nitrogens is 3. The van der Waals surface area contributed by atoms with Crippen LogP contribution in [0, 0.1) is 0 Å². The van der Waals surface area contributed by atoms with Gasteiger partial charge >= 0.3 is 5.97 Å². The molecule has 1 heterocycles. The molecule has 4 rings (SSSR count). The standard InChI is InChI=1S/C20H15N3O4/c1-26-18-11-14-7-3-2-6-13(14)10-16(18)20(25)27-12-23-19(24)15-8-4-5-9-17(15)21-22-23/h2-11H,12H2,1H3. The average Bonchev–Trinajstić information content (AvgIpc) is 2.72. The molecule has 0 aliphatic rings. The van der Waals surface area contributed by atoms with E-state index in [0.29, 0.717) is 16.7 Å². The first kappa shape index (κ1) is 16.7. The van der Waals surface area contributed by atoms with Gasteiger partial charge in [0.25, 0.3) is 5.56 Å². The summed E-state index contributed by atoms with van der Waals surface area (Å²) in [5.74, 6) is -0.213. The van der Waals surface area contributed by atoms with E-state index < -0.39 is 5.97 Å². The van der Waals surface area contributed by atoms with Crippen molar-refractivity contribution in [1.29, 1.82) is 0 Å². The number of benzene rings is 3. The van der Waals surface area contributed by atoms with E-state index in [1.54, 1.807) is 36.4 Å². The molecule has 7 nitrogen and oxygen atoms in total. The van der Waals surface area contributed by atoms with Crippen molar-refractivity contribution in [3.8, 4) is 5.75 Å². The summed E-state index contributed by atoms with van der Waals surface area (Å²) in [5.41, 5.74) is 0.387. The third-order valence-electron chi connectivity index (χ3n) is 4.23. The quantitative estimate of drug-likeness (QED) is 0.520. The number of methoxy groups -OCH3 is 1. The summed E-state index contributed by atoms with van der Waals surface area (Å²) in [4.78, 5) is 25.0. The lowest BCUT2D eigenvalue weighted by molar-refractivity contribution is 0.0333. The molecule has 1 aromatic heterocycles. The van der Waals surface area contributed by atoms with Crippen LogP contribution in [0.25, 0.3) is 21.7 Å². The number of fused-ring (bicyclic) bond motifs is 2. The molecule has 0 spiro atoms. The second-order valence-electron chi connectivity index (χ2n) is 5.87. The molecular weight excluding hydrogens is 346 g/mol. The molecule has 0 N–H and O–H groups in total. The average molecular weight is 361 g/mol. The van der Waals surface area contributed by atoms with Crippen LogP contribution in [-0.2, 0) is 11.5 Å². The fourth-order valence-corrected chi connectivity index (χ4v) is 2.85. The molecule has 7 heteroatoms. The Kier molecular flexibility index (Phi) is 4.25. The van der Waals surface area contributed by atoms with Crippen molar-refractivity contribution < 1.29 is 14.3 Å². The Morgan fingerprint density at radius 1 is 1.04 bits per heavy atom. The van der Waals surface area contributed by atoms with E-state index in [4.69, 9.17) is 9.47 Å². The second kappa shape index (κ2) is 6.87. The summed E-state index contributed by atoms with van der Waals surface area (Å²) in [7, 11) is 1.49. The number of nitrogens with zero attached hydrogens (tertiary/aromatic N) is 3. The van der Waals surface area contributed by atoms with E-state index in [1.165, 1.54) is 7.11 Å². The minimum absolute atomic E-state index is 0.276. The summed E-state index contributed by atoms with van der Waals surface area (Å²) >= 11 is 0. The maximum absolute atomic E-state index is 12.6. The molecule has 0 bridgehead atoms. The Bertz CT molecular complexity index is 1220. The van der Waals surface area contributed by atoms with Crippen LogP contribution < -0.4 is 10.3 Å². The van der Waals surface area contributed by atoms with Gasteiger partial charge in [-0.05, 0) is 35.0 Å². The molecule has 0 amide bonds. The lowest BCUT2D eigenvalue weighted by Crippen LogP contribution is -2.26. The number of carbonyl (C=O) groups is 1. The number of esters is 1. The molecule has 0 atom stereocenters. The van der Waals surface area contributed by atoms with Gasteiger partial charge in [-0.1, -0.05) is 41.6 Å². The molecule has 4 aromatic rings. The zero-order valence-corrected chi connectivity index (χ0v) is 14.5. The van der Waals surface area contributed by atoms with Crippen molar-refractivity contribution in [1.82, 2.24) is 15.0 Å². The highest BCUT2D eigenvalue weighted by molar-refractivity contribution is 5.98. The summed E-state index contributed by atoms with van der Waals surface area (Å²) < 4.78 is 11.6. The van der Waals surface area contributed by atoms with Gasteiger partial charge in [-0.25, -0.2) is 4.79 Å². The third-order valence-corrected chi connectivity index (χ3v) is 4.23. The Morgan fingerprint density at radius 3 is 2.52 bits per heavy atom. The van der Waals surface area contributed by atoms with E-state index >= 15 is 0 Å². The molecule has 0 saturated carbocycles. The maximum atomic E-state index is 12.6. The van der Waals surface area contributed by atoms with Gasteiger partial charge in [-0.15, -0.1) is 5.10 Å². The monoisotopic (exact) mass is 361 g/mol. The molecule has 0 fully saturated rings. The molecule has 0 unspecified atom stereocenters. The van der Waals surface area contributed by atoms with Gasteiger partial charge in [-0.3, -0.25) is 4.79 Å². The van der Waals surface area contributed by atoms with Crippen molar-refractivity contribution in [2.24, 2.45) is 0 Å². The van der Waals surface area contributed by atoms with Gasteiger partial charge in [0, 0.05) is 0 Å². The fourth-order valence-electron chi connectivity index (χ4n) is 2.85. The van der Waals surface area contributed by atoms with Crippen LogP contribution in [0.2, 0.25) is 0 Å². The van der Waals surface area contributed by atoms with Crippen molar-refractivity contribution >= 4 is 27.6 Å². The van der Waals surface area contributed by atoms with E-state index in [2.05, 4.69) is 10.3 Å². The molecule has 27 heavy (non-hydrogen) atoms. The minimum Gasteiger partial charge on any atom is -0.496 e. The van der Waals surface area contributed by atoms with Crippen molar-refractivity contribution in [2.45, 2.75) is 6.73 Å². The topological polar surface area (TPSA) is 83.3 Å². The van der Waals surface area contributed by atoms with E-state index in [9.17, 15) is 9.59 Å². The van der Waals surface area contributed by atoms with E-state index in [1.807, 2.05) is 24.3 Å². The Morgan fingerprint density at radius 2 is 1.74 bits per heavy atom. The summed E-state index contributed by atoms with van der Waals surface area (Å²) in [6, 6.07) is 17.9. The minimum atomic E-state index is -0.612. The first-order chi connectivity index (χ1) is 13.2.